The predicted octanol–water partition coefficient (Wildman–Crippen LogP) is 3.40. The molecule has 112 valence electrons. The molecule has 2 heterocycles. The maximum Gasteiger partial charge on any atom is 0.336 e. The molecule has 0 amide bonds. The number of aryl methyl sites for hydroxylation is 1. The maximum absolute atomic E-state index is 12.6. The van der Waals surface area contributed by atoms with E-state index in [9.17, 15) is 4.79 Å². The molecule has 3 rings (SSSR count). The summed E-state index contributed by atoms with van der Waals surface area (Å²) in [5.74, 6) is 0.283. The van der Waals surface area contributed by atoms with Crippen LogP contribution in [-0.4, -0.2) is 27.3 Å². The van der Waals surface area contributed by atoms with E-state index in [0.717, 1.165) is 11.1 Å². The van der Waals surface area contributed by atoms with Gasteiger partial charge in [-0.25, -0.2) is 0 Å². The van der Waals surface area contributed by atoms with Gasteiger partial charge in [-0.2, -0.15) is 9.67 Å². The van der Waals surface area contributed by atoms with Gasteiger partial charge in [-0.15, -0.1) is 16.4 Å². The smallest absolute Gasteiger partial charge is 0.336 e. The van der Waals surface area contributed by atoms with Crippen molar-refractivity contribution in [2.75, 3.05) is 6.61 Å². The van der Waals surface area contributed by atoms with Crippen molar-refractivity contribution in [3.63, 3.8) is 0 Å². The molecular weight excluding hydrogens is 298 g/mol. The van der Waals surface area contributed by atoms with Gasteiger partial charge in [-0.05, 0) is 25.3 Å². The first-order valence-corrected chi connectivity index (χ1v) is 7.82. The third kappa shape index (κ3) is 2.78. The minimum absolute atomic E-state index is 0.205. The molecule has 0 spiro atoms. The summed E-state index contributed by atoms with van der Waals surface area (Å²) in [7, 11) is 0. The number of benzene rings is 1. The lowest BCUT2D eigenvalue weighted by Crippen LogP contribution is -2.14. The van der Waals surface area contributed by atoms with Crippen LogP contribution in [0.25, 0.3) is 11.4 Å². The van der Waals surface area contributed by atoms with Crippen molar-refractivity contribution in [1.29, 1.82) is 0 Å². The minimum atomic E-state index is -0.205. The Morgan fingerprint density at radius 3 is 2.68 bits per heavy atom. The highest BCUT2D eigenvalue weighted by molar-refractivity contribution is 7.12. The van der Waals surface area contributed by atoms with E-state index < -0.39 is 0 Å². The van der Waals surface area contributed by atoms with Crippen LogP contribution in [0.5, 0.6) is 6.01 Å². The number of ether oxygens (including phenoxy) is 1. The number of aromatic nitrogens is 3. The Kier molecular flexibility index (Phi) is 4.02. The lowest BCUT2D eigenvalue weighted by atomic mass is 10.1. The van der Waals surface area contributed by atoms with Gasteiger partial charge in [0, 0.05) is 5.56 Å². The van der Waals surface area contributed by atoms with Crippen LogP contribution in [0.4, 0.5) is 0 Å². The van der Waals surface area contributed by atoms with Crippen LogP contribution in [0.15, 0.2) is 41.8 Å². The summed E-state index contributed by atoms with van der Waals surface area (Å²) in [6, 6.07) is 11.6. The molecule has 0 bridgehead atoms. The van der Waals surface area contributed by atoms with Crippen LogP contribution in [0.1, 0.15) is 22.2 Å². The van der Waals surface area contributed by atoms with Gasteiger partial charge in [0.05, 0.1) is 11.5 Å². The summed E-state index contributed by atoms with van der Waals surface area (Å²) in [6.45, 7) is 4.31. The van der Waals surface area contributed by atoms with Crippen LogP contribution in [0.3, 0.4) is 0 Å². The summed E-state index contributed by atoms with van der Waals surface area (Å²) < 4.78 is 6.66. The molecule has 2 aromatic heterocycles. The monoisotopic (exact) mass is 313 g/mol. The molecule has 0 fully saturated rings. The SMILES string of the molecule is CCOc1nc(-c2ccc(C)cc2)n(C(=O)c2cccs2)n1. The largest absolute Gasteiger partial charge is 0.463 e. The van der Waals surface area contributed by atoms with Crippen LogP contribution < -0.4 is 4.74 Å². The summed E-state index contributed by atoms with van der Waals surface area (Å²) in [4.78, 5) is 17.6. The molecule has 3 aromatic rings. The van der Waals surface area contributed by atoms with Gasteiger partial charge >= 0.3 is 6.01 Å². The van der Waals surface area contributed by atoms with E-state index in [1.54, 1.807) is 6.07 Å². The van der Waals surface area contributed by atoms with Gasteiger partial charge in [0.15, 0.2) is 5.82 Å². The molecule has 0 unspecified atom stereocenters. The average molecular weight is 313 g/mol. The molecule has 0 saturated carbocycles. The van der Waals surface area contributed by atoms with Crippen molar-refractivity contribution < 1.29 is 9.53 Å². The van der Waals surface area contributed by atoms with Crippen LogP contribution in [0.2, 0.25) is 0 Å². The molecule has 5 nitrogen and oxygen atoms in total. The Morgan fingerprint density at radius 1 is 1.27 bits per heavy atom. The van der Waals surface area contributed by atoms with E-state index in [0.29, 0.717) is 17.3 Å². The van der Waals surface area contributed by atoms with E-state index in [1.807, 2.05) is 49.6 Å². The highest BCUT2D eigenvalue weighted by Gasteiger charge is 2.20. The second-order valence-corrected chi connectivity index (χ2v) is 5.66. The Hall–Kier alpha value is -2.47. The van der Waals surface area contributed by atoms with E-state index in [4.69, 9.17) is 4.74 Å². The van der Waals surface area contributed by atoms with Crippen LogP contribution >= 0.6 is 11.3 Å². The van der Waals surface area contributed by atoms with Crippen molar-refractivity contribution in [2.24, 2.45) is 0 Å². The van der Waals surface area contributed by atoms with E-state index >= 15 is 0 Å². The Morgan fingerprint density at radius 2 is 2.05 bits per heavy atom. The van der Waals surface area contributed by atoms with Crippen LogP contribution in [0, 0.1) is 6.92 Å². The summed E-state index contributed by atoms with van der Waals surface area (Å²) in [5.41, 5.74) is 1.97. The number of rotatable bonds is 4. The van der Waals surface area contributed by atoms with E-state index in [2.05, 4.69) is 10.1 Å². The number of hydrogen-bond acceptors (Lipinski definition) is 5. The number of carbonyl (C=O) groups excluding carboxylic acids is 1. The van der Waals surface area contributed by atoms with Gasteiger partial charge in [-0.1, -0.05) is 35.9 Å². The molecular formula is C16H15N3O2S. The van der Waals surface area contributed by atoms with Gasteiger partial charge in [0.1, 0.15) is 0 Å². The molecule has 6 heteroatoms. The maximum atomic E-state index is 12.6. The number of nitrogens with zero attached hydrogens (tertiary/aromatic N) is 3. The highest BCUT2D eigenvalue weighted by Crippen LogP contribution is 2.22. The van der Waals surface area contributed by atoms with Gasteiger partial charge in [0.2, 0.25) is 0 Å². The lowest BCUT2D eigenvalue weighted by molar-refractivity contribution is 0.0949. The van der Waals surface area contributed by atoms with Crippen LogP contribution in [-0.2, 0) is 0 Å². The first kappa shape index (κ1) is 14.5. The topological polar surface area (TPSA) is 57.0 Å². The first-order valence-electron chi connectivity index (χ1n) is 6.94. The Balaban J connectivity index is 2.07. The standard InChI is InChI=1S/C16H15N3O2S/c1-3-21-16-17-14(12-8-6-11(2)7-9-12)19(18-16)15(20)13-5-4-10-22-13/h4-10H,3H2,1-2H3. The van der Waals surface area contributed by atoms with E-state index in [-0.39, 0.29) is 11.9 Å². The van der Waals surface area contributed by atoms with Gasteiger partial charge in [-0.3, -0.25) is 4.79 Å². The number of hydrogen-bond donors (Lipinski definition) is 0. The number of thiophene rings is 1. The Labute approximate surface area is 132 Å². The van der Waals surface area contributed by atoms with Crippen molar-refractivity contribution in [3.8, 4) is 17.4 Å². The zero-order valence-corrected chi connectivity index (χ0v) is 13.1. The summed E-state index contributed by atoms with van der Waals surface area (Å²) in [6.07, 6.45) is 0. The Bertz CT molecular complexity index is 776. The minimum Gasteiger partial charge on any atom is -0.463 e. The molecule has 0 aliphatic heterocycles. The van der Waals surface area contributed by atoms with Crippen molar-refractivity contribution >= 4 is 17.2 Å². The predicted molar refractivity (Wildman–Crippen MR) is 85.4 cm³/mol. The zero-order chi connectivity index (χ0) is 15.5. The first-order chi connectivity index (χ1) is 10.7. The fourth-order valence-electron chi connectivity index (χ4n) is 2.02. The summed E-state index contributed by atoms with van der Waals surface area (Å²) >= 11 is 1.38. The van der Waals surface area contributed by atoms with Crippen molar-refractivity contribution in [3.05, 3.63) is 52.2 Å². The van der Waals surface area contributed by atoms with Gasteiger partial charge in [0.25, 0.3) is 5.91 Å². The third-order valence-corrected chi connectivity index (χ3v) is 3.95. The quantitative estimate of drug-likeness (QED) is 0.740. The molecule has 0 aliphatic rings. The van der Waals surface area contributed by atoms with E-state index in [1.165, 1.54) is 16.0 Å². The molecule has 0 aliphatic carbocycles. The molecule has 22 heavy (non-hydrogen) atoms. The second kappa shape index (κ2) is 6.11. The second-order valence-electron chi connectivity index (χ2n) is 4.71. The average Bonchev–Trinajstić information content (AvgIpc) is 3.17. The normalized spacial score (nSPS) is 10.6. The van der Waals surface area contributed by atoms with Gasteiger partial charge < -0.3 is 4.74 Å². The molecule has 1 aromatic carbocycles. The highest BCUT2D eigenvalue weighted by atomic mass is 32.1. The van der Waals surface area contributed by atoms with Crippen molar-refractivity contribution in [1.82, 2.24) is 14.8 Å². The lowest BCUT2D eigenvalue weighted by Gasteiger charge is -2.03. The zero-order valence-electron chi connectivity index (χ0n) is 12.3. The molecule has 0 atom stereocenters. The molecule has 0 radical (unpaired) electrons. The van der Waals surface area contributed by atoms with Crippen molar-refractivity contribution in [2.45, 2.75) is 13.8 Å². The third-order valence-electron chi connectivity index (χ3n) is 3.10. The molecule has 0 saturated heterocycles. The fraction of sp³-hybridized carbons (Fsp3) is 0.188. The molecule has 0 N–H and O–H groups in total. The summed E-state index contributed by atoms with van der Waals surface area (Å²) in [5, 5.41) is 6.06. The number of carbonyl (C=O) groups is 1. The fourth-order valence-corrected chi connectivity index (χ4v) is 2.67.